The van der Waals surface area contributed by atoms with Crippen molar-refractivity contribution in [1.29, 1.82) is 0 Å². The first-order chi connectivity index (χ1) is 9.16. The summed E-state index contributed by atoms with van der Waals surface area (Å²) in [7, 11) is 0. The molecule has 5 nitrogen and oxygen atoms in total. The summed E-state index contributed by atoms with van der Waals surface area (Å²) < 4.78 is 0. The molecule has 5 heteroatoms. The number of rotatable bonds is 5. The molecule has 2 atom stereocenters. The fourth-order valence-corrected chi connectivity index (χ4v) is 2.62. The van der Waals surface area contributed by atoms with Gasteiger partial charge in [-0.05, 0) is 25.7 Å². The lowest BCUT2D eigenvalue weighted by atomic mass is 9.94. The molecule has 0 radical (unpaired) electrons. The molecular weight excluding hydrogens is 242 g/mol. The molecule has 0 heterocycles. The van der Waals surface area contributed by atoms with Crippen molar-refractivity contribution in [3.05, 3.63) is 0 Å². The molecule has 2 rings (SSSR count). The second kappa shape index (κ2) is 6.89. The molecular formula is C14H25N3O2. The molecule has 0 bridgehead atoms. The Morgan fingerprint density at radius 3 is 2.53 bits per heavy atom. The van der Waals surface area contributed by atoms with Crippen LogP contribution in [0, 0.1) is 5.92 Å². The lowest BCUT2D eigenvalue weighted by Gasteiger charge is -2.20. The van der Waals surface area contributed by atoms with Crippen LogP contribution < -0.4 is 16.4 Å². The van der Waals surface area contributed by atoms with Crippen molar-refractivity contribution in [3.63, 3.8) is 0 Å². The number of hydrogen-bond acceptors (Lipinski definition) is 3. The maximum atomic E-state index is 12.1. The number of carbonyl (C=O) groups is 2. The first kappa shape index (κ1) is 14.3. The number of nitrogens with two attached hydrogens (primary N) is 1. The highest BCUT2D eigenvalue weighted by atomic mass is 16.2. The molecule has 0 aromatic heterocycles. The van der Waals surface area contributed by atoms with Gasteiger partial charge < -0.3 is 16.4 Å². The molecule has 0 aromatic carbocycles. The van der Waals surface area contributed by atoms with E-state index in [-0.39, 0.29) is 23.8 Å². The summed E-state index contributed by atoms with van der Waals surface area (Å²) in [5.74, 6) is -0.0180. The first-order valence-corrected chi connectivity index (χ1v) is 7.49. The summed E-state index contributed by atoms with van der Waals surface area (Å²) in [5.41, 5.74) is 6.05. The molecule has 2 amide bonds. The van der Waals surface area contributed by atoms with Crippen molar-refractivity contribution in [2.75, 3.05) is 6.54 Å². The van der Waals surface area contributed by atoms with E-state index in [0.29, 0.717) is 19.0 Å². The molecule has 2 saturated carbocycles. The number of nitrogens with one attached hydrogen (secondary N) is 2. The average molecular weight is 267 g/mol. The minimum Gasteiger partial charge on any atom is -0.355 e. The van der Waals surface area contributed by atoms with Crippen LogP contribution in [0.15, 0.2) is 0 Å². The fraction of sp³-hybridized carbons (Fsp3) is 0.857. The molecule has 0 aliphatic heterocycles. The Labute approximate surface area is 114 Å². The first-order valence-electron chi connectivity index (χ1n) is 7.49. The van der Waals surface area contributed by atoms with E-state index in [9.17, 15) is 9.59 Å². The second-order valence-electron chi connectivity index (χ2n) is 5.79. The Bertz CT molecular complexity index is 329. The number of hydrogen-bond donors (Lipinski definition) is 3. The smallest absolute Gasteiger partial charge is 0.224 e. The van der Waals surface area contributed by atoms with Crippen LogP contribution in [0.1, 0.15) is 51.4 Å². The summed E-state index contributed by atoms with van der Waals surface area (Å²) in [6.45, 7) is 0.417. The third-order valence-electron chi connectivity index (χ3n) is 4.00. The van der Waals surface area contributed by atoms with Gasteiger partial charge in [0, 0.05) is 25.0 Å². The topological polar surface area (TPSA) is 84.2 Å². The van der Waals surface area contributed by atoms with Gasteiger partial charge in [-0.15, -0.1) is 0 Å². The molecule has 2 aliphatic rings. The van der Waals surface area contributed by atoms with Crippen LogP contribution in [0.5, 0.6) is 0 Å². The van der Waals surface area contributed by atoms with E-state index in [4.69, 9.17) is 5.73 Å². The van der Waals surface area contributed by atoms with Crippen molar-refractivity contribution in [2.24, 2.45) is 11.7 Å². The molecule has 4 N–H and O–H groups in total. The minimum absolute atomic E-state index is 0.0219. The van der Waals surface area contributed by atoms with Gasteiger partial charge in [0.05, 0.1) is 5.92 Å². The van der Waals surface area contributed by atoms with Gasteiger partial charge in [-0.1, -0.05) is 19.3 Å². The van der Waals surface area contributed by atoms with Crippen LogP contribution in [-0.4, -0.2) is 30.4 Å². The lowest BCUT2D eigenvalue weighted by Crippen LogP contribution is -2.42. The third kappa shape index (κ3) is 4.82. The summed E-state index contributed by atoms with van der Waals surface area (Å²) in [4.78, 5) is 23.5. The Morgan fingerprint density at radius 2 is 1.79 bits per heavy atom. The summed E-state index contributed by atoms with van der Waals surface area (Å²) in [6.07, 6.45) is 7.72. The summed E-state index contributed by atoms with van der Waals surface area (Å²) >= 11 is 0. The van der Waals surface area contributed by atoms with Crippen LogP contribution in [0.3, 0.4) is 0 Å². The van der Waals surface area contributed by atoms with Crippen molar-refractivity contribution in [2.45, 2.75) is 63.5 Å². The second-order valence-corrected chi connectivity index (χ2v) is 5.79. The van der Waals surface area contributed by atoms with Crippen molar-refractivity contribution >= 4 is 11.8 Å². The molecule has 2 aliphatic carbocycles. The number of amides is 2. The fourth-order valence-electron chi connectivity index (χ4n) is 2.62. The van der Waals surface area contributed by atoms with E-state index in [0.717, 1.165) is 38.5 Å². The zero-order valence-electron chi connectivity index (χ0n) is 11.5. The maximum Gasteiger partial charge on any atom is 0.224 e. The quantitative estimate of drug-likeness (QED) is 0.640. The van der Waals surface area contributed by atoms with Crippen molar-refractivity contribution in [3.8, 4) is 0 Å². The zero-order valence-corrected chi connectivity index (χ0v) is 11.5. The van der Waals surface area contributed by atoms with E-state index in [2.05, 4.69) is 10.6 Å². The van der Waals surface area contributed by atoms with Crippen molar-refractivity contribution < 1.29 is 9.59 Å². The standard InChI is InChI=1S/C14H25N3O2/c15-12-5-3-1-2-4-11(12)14(19)16-9-8-13(18)17-10-6-7-10/h10-12H,1-9,15H2,(H,16,19)(H,17,18). The highest BCUT2D eigenvalue weighted by Gasteiger charge is 2.27. The van der Waals surface area contributed by atoms with Crippen LogP contribution in [0.25, 0.3) is 0 Å². The molecule has 0 spiro atoms. The van der Waals surface area contributed by atoms with E-state index in [1.165, 1.54) is 6.42 Å². The summed E-state index contributed by atoms with van der Waals surface area (Å²) in [6, 6.07) is 0.362. The normalized spacial score (nSPS) is 27.4. The van der Waals surface area contributed by atoms with Gasteiger partial charge in [-0.2, -0.15) is 0 Å². The van der Waals surface area contributed by atoms with Crippen LogP contribution in [-0.2, 0) is 9.59 Å². The van der Waals surface area contributed by atoms with Gasteiger partial charge in [-0.3, -0.25) is 9.59 Å². The highest BCUT2D eigenvalue weighted by molar-refractivity contribution is 5.81. The van der Waals surface area contributed by atoms with Crippen LogP contribution in [0.4, 0.5) is 0 Å². The molecule has 0 saturated heterocycles. The van der Waals surface area contributed by atoms with Crippen LogP contribution >= 0.6 is 0 Å². The maximum absolute atomic E-state index is 12.1. The zero-order chi connectivity index (χ0) is 13.7. The van der Waals surface area contributed by atoms with Gasteiger partial charge >= 0.3 is 0 Å². The Morgan fingerprint density at radius 1 is 1.05 bits per heavy atom. The largest absolute Gasteiger partial charge is 0.355 e. The highest BCUT2D eigenvalue weighted by Crippen LogP contribution is 2.22. The van der Waals surface area contributed by atoms with Gasteiger partial charge in [0.25, 0.3) is 0 Å². The molecule has 0 aromatic rings. The predicted octanol–water partition coefficient (Wildman–Crippen LogP) is 0.679. The Hall–Kier alpha value is -1.10. The average Bonchev–Trinajstić information content (AvgIpc) is 3.17. The SMILES string of the molecule is NC1CCCCCC1C(=O)NCCC(=O)NC1CC1. The monoisotopic (exact) mass is 267 g/mol. The van der Waals surface area contributed by atoms with Crippen molar-refractivity contribution in [1.82, 2.24) is 10.6 Å². The lowest BCUT2D eigenvalue weighted by molar-refractivity contribution is -0.126. The van der Waals surface area contributed by atoms with Gasteiger partial charge in [-0.25, -0.2) is 0 Å². The van der Waals surface area contributed by atoms with E-state index in [1.54, 1.807) is 0 Å². The van der Waals surface area contributed by atoms with E-state index >= 15 is 0 Å². The van der Waals surface area contributed by atoms with E-state index < -0.39 is 0 Å². The molecule has 2 fully saturated rings. The Kier molecular flexibility index (Phi) is 5.19. The minimum atomic E-state index is -0.0750. The van der Waals surface area contributed by atoms with Gasteiger partial charge in [0.1, 0.15) is 0 Å². The molecule has 108 valence electrons. The van der Waals surface area contributed by atoms with Crippen LogP contribution in [0.2, 0.25) is 0 Å². The third-order valence-corrected chi connectivity index (χ3v) is 4.00. The number of carbonyl (C=O) groups excluding carboxylic acids is 2. The molecule has 19 heavy (non-hydrogen) atoms. The van der Waals surface area contributed by atoms with Gasteiger partial charge in [0.2, 0.25) is 11.8 Å². The predicted molar refractivity (Wildman–Crippen MR) is 73.3 cm³/mol. The molecule has 2 unspecified atom stereocenters. The van der Waals surface area contributed by atoms with E-state index in [1.807, 2.05) is 0 Å². The summed E-state index contributed by atoms with van der Waals surface area (Å²) in [5, 5.41) is 5.77. The van der Waals surface area contributed by atoms with Gasteiger partial charge in [0.15, 0.2) is 0 Å². The Balaban J connectivity index is 1.65.